The summed E-state index contributed by atoms with van der Waals surface area (Å²) in [5.74, 6) is -1.15. The number of hydrogen-bond donors (Lipinski definition) is 3. The van der Waals surface area contributed by atoms with E-state index in [1.807, 2.05) is 4.72 Å². The predicted octanol–water partition coefficient (Wildman–Crippen LogP) is -0.635. The third-order valence-electron chi connectivity index (χ3n) is 2.14. The lowest BCUT2D eigenvalue weighted by atomic mass is 10.3. The van der Waals surface area contributed by atoms with Crippen molar-refractivity contribution >= 4 is 15.7 Å². The molecule has 10 heteroatoms. The van der Waals surface area contributed by atoms with E-state index >= 15 is 0 Å². The molecule has 19 heavy (non-hydrogen) atoms. The van der Waals surface area contributed by atoms with Gasteiger partial charge in [-0.25, -0.2) is 13.1 Å². The lowest BCUT2D eigenvalue weighted by Gasteiger charge is -2.09. The fraction of sp³-hybridized carbons (Fsp3) is 0.333. The van der Waals surface area contributed by atoms with E-state index in [1.165, 1.54) is 0 Å². The molecule has 1 aromatic carbocycles. The first kappa shape index (κ1) is 15.4. The van der Waals surface area contributed by atoms with Crippen LogP contribution in [0.3, 0.4) is 0 Å². The summed E-state index contributed by atoms with van der Waals surface area (Å²) < 4.78 is 38.4. The Bertz CT molecular complexity index is 576. The first-order valence-corrected chi connectivity index (χ1v) is 6.48. The lowest BCUT2D eigenvalue weighted by Crippen LogP contribution is -2.33. The molecule has 0 fully saturated rings. The number of sulfonamides is 1. The Morgan fingerprint density at radius 2 is 2.11 bits per heavy atom. The van der Waals surface area contributed by atoms with Crippen molar-refractivity contribution in [2.45, 2.75) is 11.0 Å². The molecule has 0 aromatic heterocycles. The molecule has 1 unspecified atom stereocenters. The van der Waals surface area contributed by atoms with Crippen molar-refractivity contribution in [1.82, 2.24) is 4.72 Å². The van der Waals surface area contributed by atoms with Gasteiger partial charge in [0.2, 0.25) is 15.8 Å². The number of nitro groups is 1. The Hall–Kier alpha value is -1.62. The zero-order chi connectivity index (χ0) is 14.6. The van der Waals surface area contributed by atoms with E-state index in [1.54, 1.807) is 0 Å². The molecule has 1 rings (SSSR count). The summed E-state index contributed by atoms with van der Waals surface area (Å²) in [6, 6.07) is 2.09. The largest absolute Gasteiger partial charge is 0.394 e. The normalized spacial score (nSPS) is 13.2. The van der Waals surface area contributed by atoms with Crippen LogP contribution in [0.25, 0.3) is 0 Å². The van der Waals surface area contributed by atoms with Crippen molar-refractivity contribution < 1.29 is 27.9 Å². The van der Waals surface area contributed by atoms with Gasteiger partial charge in [-0.05, 0) is 12.1 Å². The third-order valence-corrected chi connectivity index (χ3v) is 3.57. The summed E-state index contributed by atoms with van der Waals surface area (Å²) in [5.41, 5.74) is -0.967. The van der Waals surface area contributed by atoms with Crippen LogP contribution in [0.1, 0.15) is 0 Å². The molecular weight excluding hydrogens is 283 g/mol. The second-order valence-electron chi connectivity index (χ2n) is 3.56. The van der Waals surface area contributed by atoms with E-state index in [4.69, 9.17) is 10.2 Å². The highest BCUT2D eigenvalue weighted by atomic mass is 32.2. The van der Waals surface area contributed by atoms with Gasteiger partial charge in [-0.1, -0.05) is 0 Å². The van der Waals surface area contributed by atoms with E-state index in [0.29, 0.717) is 12.1 Å². The van der Waals surface area contributed by atoms with Crippen LogP contribution in [-0.4, -0.2) is 42.8 Å². The Labute approximate surface area is 107 Å². The summed E-state index contributed by atoms with van der Waals surface area (Å²) in [5, 5.41) is 28.0. The number of aliphatic hydroxyl groups excluding tert-OH is 2. The van der Waals surface area contributed by atoms with E-state index in [9.17, 15) is 22.9 Å². The molecule has 0 aliphatic carbocycles. The van der Waals surface area contributed by atoms with Gasteiger partial charge in [-0.15, -0.1) is 0 Å². The number of nitrogens with one attached hydrogen (secondary N) is 1. The molecule has 1 atom stereocenters. The molecule has 0 radical (unpaired) electrons. The highest BCUT2D eigenvalue weighted by molar-refractivity contribution is 7.89. The quantitative estimate of drug-likeness (QED) is 0.473. The van der Waals surface area contributed by atoms with Gasteiger partial charge in [0.15, 0.2) is 0 Å². The Morgan fingerprint density at radius 1 is 1.47 bits per heavy atom. The van der Waals surface area contributed by atoms with Gasteiger partial charge in [-0.3, -0.25) is 10.1 Å². The van der Waals surface area contributed by atoms with Crippen LogP contribution in [0.5, 0.6) is 0 Å². The van der Waals surface area contributed by atoms with Gasteiger partial charge >= 0.3 is 5.69 Å². The molecule has 0 saturated carbocycles. The third kappa shape index (κ3) is 3.92. The van der Waals surface area contributed by atoms with Crippen LogP contribution in [0.15, 0.2) is 23.1 Å². The predicted molar refractivity (Wildman–Crippen MR) is 61.3 cm³/mol. The van der Waals surface area contributed by atoms with Crippen molar-refractivity contribution in [2.75, 3.05) is 13.2 Å². The molecule has 8 nitrogen and oxygen atoms in total. The standard InChI is InChI=1S/C9H11FN2O6S/c10-8-2-1-7(3-9(8)12(15)16)19(17,18)11-4-6(14)5-13/h1-3,6,11,13-14H,4-5H2. The van der Waals surface area contributed by atoms with Gasteiger partial charge < -0.3 is 10.2 Å². The van der Waals surface area contributed by atoms with Crippen LogP contribution < -0.4 is 4.72 Å². The van der Waals surface area contributed by atoms with Gasteiger partial charge in [0.05, 0.1) is 22.5 Å². The average Bonchev–Trinajstić information content (AvgIpc) is 2.35. The smallest absolute Gasteiger partial charge is 0.306 e. The molecule has 0 amide bonds. The second-order valence-corrected chi connectivity index (χ2v) is 5.33. The first-order valence-electron chi connectivity index (χ1n) is 5.00. The summed E-state index contributed by atoms with van der Waals surface area (Å²) in [6.07, 6.45) is -1.30. The van der Waals surface area contributed by atoms with E-state index in [0.717, 1.165) is 6.07 Å². The Kier molecular flexibility index (Phi) is 4.89. The van der Waals surface area contributed by atoms with Crippen molar-refractivity contribution in [2.24, 2.45) is 0 Å². The SMILES string of the molecule is O=[N+]([O-])c1cc(S(=O)(=O)NCC(O)CO)ccc1F. The minimum absolute atomic E-state index is 0.468. The molecule has 0 bridgehead atoms. The van der Waals surface area contributed by atoms with Gasteiger partial charge in [0, 0.05) is 12.6 Å². The molecule has 0 aliphatic heterocycles. The summed E-state index contributed by atoms with van der Waals surface area (Å²) in [6.45, 7) is -1.11. The lowest BCUT2D eigenvalue weighted by molar-refractivity contribution is -0.387. The van der Waals surface area contributed by atoms with E-state index < -0.39 is 50.6 Å². The van der Waals surface area contributed by atoms with Crippen molar-refractivity contribution in [3.63, 3.8) is 0 Å². The van der Waals surface area contributed by atoms with Crippen molar-refractivity contribution in [3.8, 4) is 0 Å². The number of halogens is 1. The number of benzene rings is 1. The molecule has 0 heterocycles. The zero-order valence-corrected chi connectivity index (χ0v) is 10.3. The van der Waals surface area contributed by atoms with Gasteiger partial charge in [0.25, 0.3) is 0 Å². The number of nitro benzene ring substituents is 1. The second kappa shape index (κ2) is 6.02. The molecular formula is C9H11FN2O6S. The molecule has 0 aliphatic rings. The number of nitrogens with zero attached hydrogens (tertiary/aromatic N) is 1. The van der Waals surface area contributed by atoms with Gasteiger partial charge in [0.1, 0.15) is 0 Å². The number of aliphatic hydroxyl groups is 2. The molecule has 1 aromatic rings. The maximum atomic E-state index is 13.0. The van der Waals surface area contributed by atoms with Crippen LogP contribution >= 0.6 is 0 Å². The number of rotatable bonds is 6. The Balaban J connectivity index is 3.02. The minimum atomic E-state index is -4.13. The van der Waals surface area contributed by atoms with Crippen LogP contribution in [0.4, 0.5) is 10.1 Å². The topological polar surface area (TPSA) is 130 Å². The van der Waals surface area contributed by atoms with Crippen LogP contribution in [0, 0.1) is 15.9 Å². The maximum absolute atomic E-state index is 13.0. The average molecular weight is 294 g/mol. The van der Waals surface area contributed by atoms with Crippen LogP contribution in [0.2, 0.25) is 0 Å². The number of hydrogen-bond acceptors (Lipinski definition) is 6. The molecule has 0 saturated heterocycles. The van der Waals surface area contributed by atoms with E-state index in [2.05, 4.69) is 0 Å². The monoisotopic (exact) mass is 294 g/mol. The van der Waals surface area contributed by atoms with Crippen LogP contribution in [-0.2, 0) is 10.0 Å². The zero-order valence-electron chi connectivity index (χ0n) is 9.48. The van der Waals surface area contributed by atoms with Gasteiger partial charge in [-0.2, -0.15) is 4.39 Å². The maximum Gasteiger partial charge on any atom is 0.306 e. The Morgan fingerprint density at radius 3 is 2.63 bits per heavy atom. The highest BCUT2D eigenvalue weighted by Crippen LogP contribution is 2.21. The first-order chi connectivity index (χ1) is 8.77. The fourth-order valence-electron chi connectivity index (χ4n) is 1.15. The fourth-order valence-corrected chi connectivity index (χ4v) is 2.25. The molecule has 106 valence electrons. The summed E-state index contributed by atoms with van der Waals surface area (Å²) in [7, 11) is -4.13. The minimum Gasteiger partial charge on any atom is -0.394 e. The summed E-state index contributed by atoms with van der Waals surface area (Å²) >= 11 is 0. The highest BCUT2D eigenvalue weighted by Gasteiger charge is 2.21. The van der Waals surface area contributed by atoms with E-state index in [-0.39, 0.29) is 0 Å². The molecule has 3 N–H and O–H groups in total. The molecule has 0 spiro atoms. The van der Waals surface area contributed by atoms with Crippen molar-refractivity contribution in [1.29, 1.82) is 0 Å². The summed E-state index contributed by atoms with van der Waals surface area (Å²) in [4.78, 5) is 8.94. The van der Waals surface area contributed by atoms with Crippen molar-refractivity contribution in [3.05, 3.63) is 34.1 Å².